The van der Waals surface area contributed by atoms with Crippen molar-refractivity contribution in [1.82, 2.24) is 0 Å². The minimum absolute atomic E-state index is 0.211. The Morgan fingerprint density at radius 1 is 1.37 bits per heavy atom. The molecule has 2 rings (SSSR count). The lowest BCUT2D eigenvalue weighted by molar-refractivity contribution is -0.386. The van der Waals surface area contributed by atoms with Crippen LogP contribution in [0, 0.1) is 21.8 Å². The van der Waals surface area contributed by atoms with Gasteiger partial charge in [-0.1, -0.05) is 19.4 Å². The van der Waals surface area contributed by atoms with Gasteiger partial charge in [-0.2, -0.15) is 4.39 Å². The van der Waals surface area contributed by atoms with E-state index in [0.717, 1.165) is 37.7 Å². The molecule has 0 atom stereocenters. The molecule has 1 saturated carbocycles. The van der Waals surface area contributed by atoms with E-state index in [1.165, 1.54) is 12.5 Å². The monoisotopic (exact) mass is 266 g/mol. The van der Waals surface area contributed by atoms with Crippen molar-refractivity contribution in [1.29, 1.82) is 0 Å². The normalized spacial score (nSPS) is 23.1. The molecule has 0 amide bonds. The second-order valence-electron chi connectivity index (χ2n) is 5.16. The van der Waals surface area contributed by atoms with Crippen LogP contribution < -0.4 is 5.32 Å². The van der Waals surface area contributed by atoms with Gasteiger partial charge in [0.1, 0.15) is 5.69 Å². The summed E-state index contributed by atoms with van der Waals surface area (Å²) in [7, 11) is 0. The summed E-state index contributed by atoms with van der Waals surface area (Å²) in [6.45, 7) is 2.19. The summed E-state index contributed by atoms with van der Waals surface area (Å²) in [6, 6.07) is 4.41. The average Bonchev–Trinajstić information content (AvgIpc) is 2.39. The zero-order valence-electron chi connectivity index (χ0n) is 11.1. The Hall–Kier alpha value is -1.65. The quantitative estimate of drug-likeness (QED) is 0.659. The molecular weight excluding hydrogens is 247 g/mol. The molecule has 0 heterocycles. The third-order valence-electron chi connectivity index (χ3n) is 3.95. The third-order valence-corrected chi connectivity index (χ3v) is 3.95. The standard InChI is InChI=1S/C14H19FN2O2/c1-2-10-6-8-11(9-7-10)16-13-5-3-4-12(15)14(13)17(18)19/h3-5,10-11,16H,2,6-9H2,1H3. The van der Waals surface area contributed by atoms with Crippen molar-refractivity contribution in [3.8, 4) is 0 Å². The molecule has 1 aromatic rings. The first-order valence-electron chi connectivity index (χ1n) is 6.81. The molecule has 1 aliphatic rings. The Morgan fingerprint density at radius 3 is 2.63 bits per heavy atom. The van der Waals surface area contributed by atoms with Crippen LogP contribution in [0.1, 0.15) is 39.0 Å². The number of benzene rings is 1. The first-order valence-corrected chi connectivity index (χ1v) is 6.81. The van der Waals surface area contributed by atoms with E-state index in [-0.39, 0.29) is 6.04 Å². The van der Waals surface area contributed by atoms with Crippen molar-refractivity contribution in [3.63, 3.8) is 0 Å². The minimum atomic E-state index is -0.780. The summed E-state index contributed by atoms with van der Waals surface area (Å²) in [5.41, 5.74) is -0.148. The topological polar surface area (TPSA) is 55.2 Å². The van der Waals surface area contributed by atoms with Crippen molar-refractivity contribution >= 4 is 11.4 Å². The Balaban J connectivity index is 2.08. The van der Waals surface area contributed by atoms with Gasteiger partial charge in [0, 0.05) is 6.04 Å². The molecule has 1 fully saturated rings. The van der Waals surface area contributed by atoms with Gasteiger partial charge in [-0.25, -0.2) is 0 Å². The van der Waals surface area contributed by atoms with E-state index in [2.05, 4.69) is 12.2 Å². The summed E-state index contributed by atoms with van der Waals surface area (Å²) in [4.78, 5) is 10.3. The maximum atomic E-state index is 13.5. The van der Waals surface area contributed by atoms with Crippen LogP contribution in [0.4, 0.5) is 15.8 Å². The molecule has 5 heteroatoms. The third kappa shape index (κ3) is 3.22. The molecule has 0 aliphatic heterocycles. The highest BCUT2D eigenvalue weighted by Gasteiger charge is 2.24. The van der Waals surface area contributed by atoms with Crippen LogP contribution in [0.25, 0.3) is 0 Å². The lowest BCUT2D eigenvalue weighted by Gasteiger charge is -2.29. The molecule has 0 spiro atoms. The summed E-state index contributed by atoms with van der Waals surface area (Å²) >= 11 is 0. The van der Waals surface area contributed by atoms with Crippen molar-refractivity contribution in [2.45, 2.75) is 45.1 Å². The first-order chi connectivity index (χ1) is 9.11. The summed E-state index contributed by atoms with van der Waals surface area (Å²) in [6.07, 6.45) is 5.44. The minimum Gasteiger partial charge on any atom is -0.377 e. The predicted molar refractivity (Wildman–Crippen MR) is 72.7 cm³/mol. The molecule has 0 radical (unpaired) electrons. The summed E-state index contributed by atoms with van der Waals surface area (Å²) in [5, 5.41) is 14.0. The van der Waals surface area contributed by atoms with Gasteiger partial charge in [-0.15, -0.1) is 0 Å². The van der Waals surface area contributed by atoms with E-state index in [4.69, 9.17) is 0 Å². The zero-order chi connectivity index (χ0) is 13.8. The largest absolute Gasteiger partial charge is 0.377 e. The molecule has 4 nitrogen and oxygen atoms in total. The van der Waals surface area contributed by atoms with Crippen LogP contribution in [0.3, 0.4) is 0 Å². The molecule has 1 aliphatic carbocycles. The van der Waals surface area contributed by atoms with Crippen molar-refractivity contribution in [3.05, 3.63) is 34.1 Å². The second kappa shape index (κ2) is 5.99. The highest BCUT2D eigenvalue weighted by Crippen LogP contribution is 2.32. The maximum Gasteiger partial charge on any atom is 0.327 e. The fraction of sp³-hybridized carbons (Fsp3) is 0.571. The van der Waals surface area contributed by atoms with E-state index in [0.29, 0.717) is 5.69 Å². The van der Waals surface area contributed by atoms with Crippen molar-refractivity contribution in [2.75, 3.05) is 5.32 Å². The number of halogens is 1. The van der Waals surface area contributed by atoms with E-state index in [1.54, 1.807) is 6.07 Å². The SMILES string of the molecule is CCC1CCC(Nc2cccc(F)c2[N+](=O)[O-])CC1. The fourth-order valence-corrected chi connectivity index (χ4v) is 2.75. The Bertz CT molecular complexity index is 457. The second-order valence-corrected chi connectivity index (χ2v) is 5.16. The van der Waals surface area contributed by atoms with Gasteiger partial charge >= 0.3 is 5.69 Å². The van der Waals surface area contributed by atoms with E-state index in [9.17, 15) is 14.5 Å². The number of hydrogen-bond acceptors (Lipinski definition) is 3. The van der Waals surface area contributed by atoms with Crippen LogP contribution in [0.15, 0.2) is 18.2 Å². The van der Waals surface area contributed by atoms with Crippen LogP contribution in [-0.4, -0.2) is 11.0 Å². The average molecular weight is 266 g/mol. The van der Waals surface area contributed by atoms with Crippen molar-refractivity contribution in [2.24, 2.45) is 5.92 Å². The van der Waals surface area contributed by atoms with Crippen LogP contribution in [0.5, 0.6) is 0 Å². The number of nitrogens with zero attached hydrogens (tertiary/aromatic N) is 1. The van der Waals surface area contributed by atoms with Gasteiger partial charge in [0.05, 0.1) is 4.92 Å². The highest BCUT2D eigenvalue weighted by molar-refractivity contribution is 5.62. The van der Waals surface area contributed by atoms with E-state index < -0.39 is 16.4 Å². The lowest BCUT2D eigenvalue weighted by Crippen LogP contribution is -2.26. The van der Waals surface area contributed by atoms with Gasteiger partial charge in [0.25, 0.3) is 0 Å². The molecule has 0 unspecified atom stereocenters. The number of hydrogen-bond donors (Lipinski definition) is 1. The number of para-hydroxylation sites is 1. The zero-order valence-corrected chi connectivity index (χ0v) is 11.1. The van der Waals surface area contributed by atoms with Crippen LogP contribution in [-0.2, 0) is 0 Å². The number of nitro benzene ring substituents is 1. The Kier molecular flexibility index (Phi) is 4.35. The molecule has 104 valence electrons. The Labute approximate surface area is 112 Å². The predicted octanol–water partition coefficient (Wildman–Crippen LogP) is 4.11. The van der Waals surface area contributed by atoms with Gasteiger partial charge in [-0.05, 0) is 43.7 Å². The number of anilines is 1. The maximum absolute atomic E-state index is 13.5. The molecule has 1 aromatic carbocycles. The summed E-state index contributed by atoms with van der Waals surface area (Å²) in [5.74, 6) is -0.0159. The molecule has 0 bridgehead atoms. The highest BCUT2D eigenvalue weighted by atomic mass is 19.1. The molecular formula is C14H19FN2O2. The van der Waals surface area contributed by atoms with Crippen LogP contribution >= 0.6 is 0 Å². The molecule has 1 N–H and O–H groups in total. The lowest BCUT2D eigenvalue weighted by atomic mass is 9.84. The van der Waals surface area contributed by atoms with E-state index >= 15 is 0 Å². The summed E-state index contributed by atoms with van der Waals surface area (Å²) < 4.78 is 13.5. The fourth-order valence-electron chi connectivity index (χ4n) is 2.75. The number of nitro groups is 1. The van der Waals surface area contributed by atoms with Gasteiger partial charge < -0.3 is 5.32 Å². The number of rotatable bonds is 4. The molecule has 19 heavy (non-hydrogen) atoms. The van der Waals surface area contributed by atoms with Gasteiger partial charge in [0.15, 0.2) is 0 Å². The Morgan fingerprint density at radius 2 is 2.05 bits per heavy atom. The van der Waals surface area contributed by atoms with Gasteiger partial charge in [-0.3, -0.25) is 10.1 Å². The smallest absolute Gasteiger partial charge is 0.327 e. The van der Waals surface area contributed by atoms with Gasteiger partial charge in [0.2, 0.25) is 5.82 Å². The molecule has 0 saturated heterocycles. The number of nitrogens with one attached hydrogen (secondary N) is 1. The molecule has 0 aromatic heterocycles. The van der Waals surface area contributed by atoms with E-state index in [1.807, 2.05) is 0 Å². The van der Waals surface area contributed by atoms with Crippen LogP contribution in [0.2, 0.25) is 0 Å². The first kappa shape index (κ1) is 13.8. The van der Waals surface area contributed by atoms with Crippen molar-refractivity contribution < 1.29 is 9.31 Å².